The van der Waals surface area contributed by atoms with Gasteiger partial charge in [-0.25, -0.2) is 14.5 Å². The Hall–Kier alpha value is -3.39. The monoisotopic (exact) mass is 405 g/mol. The van der Waals surface area contributed by atoms with E-state index in [0.717, 1.165) is 22.4 Å². The number of aromatic amines is 1. The molecule has 29 heavy (non-hydrogen) atoms. The summed E-state index contributed by atoms with van der Waals surface area (Å²) in [6.45, 7) is 3.98. The van der Waals surface area contributed by atoms with E-state index in [1.165, 1.54) is 22.3 Å². The van der Waals surface area contributed by atoms with E-state index in [9.17, 15) is 9.59 Å². The van der Waals surface area contributed by atoms with Gasteiger partial charge in [-0.1, -0.05) is 48.2 Å². The first-order valence-electron chi connectivity index (χ1n) is 9.04. The first kappa shape index (κ1) is 18.9. The highest BCUT2D eigenvalue weighted by molar-refractivity contribution is 7.99. The average molecular weight is 405 g/mol. The quantitative estimate of drug-likeness (QED) is 0.496. The smallest absolute Gasteiger partial charge is 0.266 e. The fourth-order valence-corrected chi connectivity index (χ4v) is 3.82. The van der Waals surface area contributed by atoms with Gasteiger partial charge in [0.25, 0.3) is 5.56 Å². The van der Waals surface area contributed by atoms with Crippen molar-refractivity contribution in [2.75, 3.05) is 11.1 Å². The second-order valence-electron chi connectivity index (χ2n) is 6.72. The maximum Gasteiger partial charge on any atom is 0.266 e. The molecule has 0 aliphatic rings. The maximum absolute atomic E-state index is 12.4. The Kier molecular flexibility index (Phi) is 5.18. The zero-order valence-electron chi connectivity index (χ0n) is 16.0. The maximum atomic E-state index is 12.4. The first-order chi connectivity index (χ1) is 14.0. The van der Waals surface area contributed by atoms with E-state index in [1.54, 1.807) is 0 Å². The van der Waals surface area contributed by atoms with Crippen molar-refractivity contribution in [1.82, 2.24) is 19.6 Å². The molecule has 4 rings (SSSR count). The minimum Gasteiger partial charge on any atom is -0.325 e. The number of nitrogens with one attached hydrogen (secondary N) is 2. The molecule has 0 unspecified atom stereocenters. The number of aryl methyl sites for hydroxylation is 2. The van der Waals surface area contributed by atoms with Gasteiger partial charge in [0.15, 0.2) is 16.6 Å². The average Bonchev–Trinajstić information content (AvgIpc) is 3.06. The van der Waals surface area contributed by atoms with Crippen molar-refractivity contribution in [3.63, 3.8) is 0 Å². The summed E-state index contributed by atoms with van der Waals surface area (Å²) >= 11 is 1.24. The van der Waals surface area contributed by atoms with E-state index in [2.05, 4.69) is 26.4 Å². The Balaban J connectivity index is 1.58. The Labute approximate surface area is 171 Å². The third-order valence-corrected chi connectivity index (χ3v) is 5.13. The number of carbonyl (C=O) groups excluding carboxylic acids is 1. The van der Waals surface area contributed by atoms with Gasteiger partial charge in [-0.05, 0) is 37.1 Å². The predicted molar refractivity (Wildman–Crippen MR) is 114 cm³/mol. The van der Waals surface area contributed by atoms with Crippen molar-refractivity contribution >= 4 is 29.0 Å². The number of fused-ring (bicyclic) bond motifs is 1. The molecule has 0 radical (unpaired) electrons. The molecule has 2 heterocycles. The zero-order valence-corrected chi connectivity index (χ0v) is 16.8. The predicted octanol–water partition coefficient (Wildman–Crippen LogP) is 3.43. The Morgan fingerprint density at radius 1 is 1.07 bits per heavy atom. The molecular weight excluding hydrogens is 386 g/mol. The van der Waals surface area contributed by atoms with Gasteiger partial charge in [0.2, 0.25) is 5.91 Å². The van der Waals surface area contributed by atoms with Crippen LogP contribution in [0.3, 0.4) is 0 Å². The summed E-state index contributed by atoms with van der Waals surface area (Å²) in [6.07, 6.45) is 0. The normalized spacial score (nSPS) is 11.0. The largest absolute Gasteiger partial charge is 0.325 e. The van der Waals surface area contributed by atoms with Crippen molar-refractivity contribution in [3.8, 4) is 11.4 Å². The fourth-order valence-electron chi connectivity index (χ4n) is 3.07. The molecule has 0 atom stereocenters. The molecule has 8 heteroatoms. The standard InChI is InChI=1S/C21H19N5O2S/c1-13-8-14(2)10-16(9-13)22-19(28)12-29-21-24-20(15-6-4-3-5-7-15)23-17-11-18(27)25-26(17)21/h3-11H,12H2,1-2H3,(H,22,28)(H,25,27). The van der Waals surface area contributed by atoms with Crippen LogP contribution in [-0.2, 0) is 4.79 Å². The minimum absolute atomic E-state index is 0.146. The van der Waals surface area contributed by atoms with Crippen LogP contribution in [0.2, 0.25) is 0 Å². The van der Waals surface area contributed by atoms with E-state index in [-0.39, 0.29) is 17.2 Å². The van der Waals surface area contributed by atoms with E-state index in [0.29, 0.717) is 16.6 Å². The van der Waals surface area contributed by atoms with Crippen LogP contribution in [0.4, 0.5) is 5.69 Å². The molecule has 0 aliphatic carbocycles. The molecule has 2 aromatic heterocycles. The van der Waals surface area contributed by atoms with Gasteiger partial charge in [-0.2, -0.15) is 0 Å². The van der Waals surface area contributed by atoms with E-state index >= 15 is 0 Å². The second kappa shape index (κ2) is 7.92. The van der Waals surface area contributed by atoms with E-state index in [1.807, 2.05) is 56.3 Å². The number of benzene rings is 2. The summed E-state index contributed by atoms with van der Waals surface area (Å²) in [5.41, 5.74) is 3.96. The number of nitrogens with zero attached hydrogens (tertiary/aromatic N) is 3. The van der Waals surface area contributed by atoms with Gasteiger partial charge in [0.05, 0.1) is 5.75 Å². The number of aromatic nitrogens is 4. The van der Waals surface area contributed by atoms with Crippen LogP contribution < -0.4 is 10.9 Å². The summed E-state index contributed by atoms with van der Waals surface area (Å²) in [5.74, 6) is 0.498. The molecule has 146 valence electrons. The first-order valence-corrected chi connectivity index (χ1v) is 10.0. The molecular formula is C21H19N5O2S. The summed E-state index contributed by atoms with van der Waals surface area (Å²) in [5, 5.41) is 6.08. The number of rotatable bonds is 5. The summed E-state index contributed by atoms with van der Waals surface area (Å²) in [7, 11) is 0. The van der Waals surface area contributed by atoms with Gasteiger partial charge < -0.3 is 5.32 Å². The van der Waals surface area contributed by atoms with Crippen molar-refractivity contribution < 1.29 is 4.79 Å². The summed E-state index contributed by atoms with van der Waals surface area (Å²) < 4.78 is 1.50. The van der Waals surface area contributed by atoms with Crippen molar-refractivity contribution in [1.29, 1.82) is 0 Å². The zero-order chi connectivity index (χ0) is 20.4. The molecule has 0 saturated carbocycles. The number of thioether (sulfide) groups is 1. The van der Waals surface area contributed by atoms with Gasteiger partial charge in [0.1, 0.15) is 0 Å². The lowest BCUT2D eigenvalue weighted by atomic mass is 10.1. The van der Waals surface area contributed by atoms with Crippen molar-refractivity contribution in [3.05, 3.63) is 76.1 Å². The van der Waals surface area contributed by atoms with Crippen LogP contribution in [0.1, 0.15) is 11.1 Å². The highest BCUT2D eigenvalue weighted by atomic mass is 32.2. The van der Waals surface area contributed by atoms with Crippen LogP contribution in [0.5, 0.6) is 0 Å². The third-order valence-electron chi connectivity index (χ3n) is 4.19. The number of carbonyl (C=O) groups is 1. The molecule has 7 nitrogen and oxygen atoms in total. The van der Waals surface area contributed by atoms with Gasteiger partial charge in [-0.15, -0.1) is 0 Å². The molecule has 0 fully saturated rings. The Morgan fingerprint density at radius 2 is 1.79 bits per heavy atom. The number of H-pyrrole nitrogens is 1. The lowest BCUT2D eigenvalue weighted by molar-refractivity contribution is -0.113. The van der Waals surface area contributed by atoms with Gasteiger partial charge in [-0.3, -0.25) is 14.7 Å². The number of amides is 1. The minimum atomic E-state index is -0.272. The highest BCUT2D eigenvalue weighted by Gasteiger charge is 2.13. The number of hydrogen-bond acceptors (Lipinski definition) is 5. The van der Waals surface area contributed by atoms with Crippen LogP contribution in [0, 0.1) is 13.8 Å². The molecule has 2 aromatic carbocycles. The van der Waals surface area contributed by atoms with Crippen LogP contribution in [0.15, 0.2) is 64.5 Å². The fraction of sp³-hybridized carbons (Fsp3) is 0.143. The molecule has 4 aromatic rings. The molecule has 0 saturated heterocycles. The third kappa shape index (κ3) is 4.38. The molecule has 0 bridgehead atoms. The second-order valence-corrected chi connectivity index (χ2v) is 7.67. The van der Waals surface area contributed by atoms with E-state index < -0.39 is 0 Å². The Bertz CT molecular complexity index is 1230. The molecule has 0 spiro atoms. The van der Waals surface area contributed by atoms with Gasteiger partial charge in [0, 0.05) is 17.3 Å². The van der Waals surface area contributed by atoms with Crippen molar-refractivity contribution in [2.45, 2.75) is 19.0 Å². The van der Waals surface area contributed by atoms with Crippen molar-refractivity contribution in [2.24, 2.45) is 0 Å². The SMILES string of the molecule is Cc1cc(C)cc(NC(=O)CSc2nc(-c3ccccc3)nc3cc(=O)[nH]n23)c1. The Morgan fingerprint density at radius 3 is 2.52 bits per heavy atom. The summed E-state index contributed by atoms with van der Waals surface area (Å²) in [6, 6.07) is 16.8. The van der Waals surface area contributed by atoms with Gasteiger partial charge >= 0.3 is 0 Å². The molecule has 1 amide bonds. The summed E-state index contributed by atoms with van der Waals surface area (Å²) in [4.78, 5) is 33.3. The topological polar surface area (TPSA) is 92.2 Å². The molecule has 0 aliphatic heterocycles. The van der Waals surface area contributed by atoms with Crippen LogP contribution in [0.25, 0.3) is 17.0 Å². The van der Waals surface area contributed by atoms with Crippen LogP contribution in [-0.4, -0.2) is 31.2 Å². The number of hydrogen-bond donors (Lipinski definition) is 2. The molecule has 2 N–H and O–H groups in total. The van der Waals surface area contributed by atoms with Crippen LogP contribution >= 0.6 is 11.8 Å². The lowest BCUT2D eigenvalue weighted by Gasteiger charge is -2.09. The highest BCUT2D eigenvalue weighted by Crippen LogP contribution is 2.22. The number of anilines is 1. The lowest BCUT2D eigenvalue weighted by Crippen LogP contribution is -2.15. The van der Waals surface area contributed by atoms with E-state index in [4.69, 9.17) is 0 Å².